The topological polar surface area (TPSA) is 107 Å². The average molecular weight is 315 g/mol. The molecule has 0 bridgehead atoms. The first-order valence-corrected chi connectivity index (χ1v) is 8.88. The predicted molar refractivity (Wildman–Crippen MR) is 96.6 cm³/mol. The number of nitrogens with zero attached hydrogens (tertiary/aromatic N) is 1. The third kappa shape index (κ3) is 27.1. The van der Waals surface area contributed by atoms with Crippen molar-refractivity contribution in [1.82, 2.24) is 0 Å². The summed E-state index contributed by atoms with van der Waals surface area (Å²) in [5.74, 6) is 0.0337. The van der Waals surface area contributed by atoms with Crippen molar-refractivity contribution in [2.75, 3.05) is 6.54 Å². The first-order chi connectivity index (χ1) is 10.5. The fourth-order valence-corrected chi connectivity index (χ4v) is 1.98. The molecule has 0 aromatic carbocycles. The second-order valence-corrected chi connectivity index (χ2v) is 5.70. The zero-order chi connectivity index (χ0) is 17.1. The SMILES string of the molecule is CCCCCCCCCCCC(N)=O.CCCCN=C(N)N. The van der Waals surface area contributed by atoms with Crippen LogP contribution in [-0.2, 0) is 4.79 Å². The van der Waals surface area contributed by atoms with Crippen LogP contribution in [0.5, 0.6) is 0 Å². The van der Waals surface area contributed by atoms with E-state index >= 15 is 0 Å². The number of hydrogen-bond donors (Lipinski definition) is 3. The van der Waals surface area contributed by atoms with Gasteiger partial charge in [-0.1, -0.05) is 71.6 Å². The molecule has 0 radical (unpaired) electrons. The summed E-state index contributed by atoms with van der Waals surface area (Å²) in [6.07, 6.45) is 14.3. The van der Waals surface area contributed by atoms with Crippen LogP contribution in [0.2, 0.25) is 0 Å². The minimum atomic E-state index is -0.159. The molecule has 0 atom stereocenters. The summed E-state index contributed by atoms with van der Waals surface area (Å²) < 4.78 is 0. The number of primary amides is 1. The average Bonchev–Trinajstić information content (AvgIpc) is 2.46. The van der Waals surface area contributed by atoms with Crippen molar-refractivity contribution in [2.45, 2.75) is 90.9 Å². The molecule has 0 saturated carbocycles. The monoisotopic (exact) mass is 314 g/mol. The highest BCUT2D eigenvalue weighted by Gasteiger charge is 1.94. The Hall–Kier alpha value is -1.26. The van der Waals surface area contributed by atoms with Gasteiger partial charge in [0.25, 0.3) is 0 Å². The Morgan fingerprint density at radius 1 is 0.727 bits per heavy atom. The van der Waals surface area contributed by atoms with Crippen molar-refractivity contribution in [3.05, 3.63) is 0 Å². The van der Waals surface area contributed by atoms with Gasteiger partial charge in [-0.25, -0.2) is 0 Å². The number of carbonyl (C=O) groups is 1. The van der Waals surface area contributed by atoms with Crippen LogP contribution in [0.1, 0.15) is 90.9 Å². The molecular weight excluding hydrogens is 276 g/mol. The Morgan fingerprint density at radius 2 is 1.18 bits per heavy atom. The lowest BCUT2D eigenvalue weighted by Gasteiger charge is -2.00. The number of unbranched alkanes of at least 4 members (excludes halogenated alkanes) is 9. The number of rotatable bonds is 13. The number of nitrogens with two attached hydrogens (primary N) is 3. The maximum Gasteiger partial charge on any atom is 0.217 e. The second kappa shape index (κ2) is 19.7. The molecule has 0 aliphatic heterocycles. The van der Waals surface area contributed by atoms with E-state index in [2.05, 4.69) is 18.8 Å². The Labute approximate surface area is 137 Å². The molecule has 0 aliphatic carbocycles. The number of guanidine groups is 1. The number of amides is 1. The molecule has 0 aromatic heterocycles. The molecule has 5 heteroatoms. The summed E-state index contributed by atoms with van der Waals surface area (Å²) in [5, 5.41) is 0. The zero-order valence-electron chi connectivity index (χ0n) is 14.8. The fraction of sp³-hybridized carbons (Fsp3) is 0.882. The fourth-order valence-electron chi connectivity index (χ4n) is 1.98. The van der Waals surface area contributed by atoms with E-state index in [9.17, 15) is 4.79 Å². The lowest BCUT2D eigenvalue weighted by atomic mass is 10.1. The van der Waals surface area contributed by atoms with E-state index in [1.54, 1.807) is 0 Å². The summed E-state index contributed by atoms with van der Waals surface area (Å²) in [6, 6.07) is 0. The highest BCUT2D eigenvalue weighted by molar-refractivity contribution is 5.75. The summed E-state index contributed by atoms with van der Waals surface area (Å²) >= 11 is 0. The molecule has 0 unspecified atom stereocenters. The maximum absolute atomic E-state index is 10.4. The van der Waals surface area contributed by atoms with E-state index in [0.29, 0.717) is 6.42 Å². The first kappa shape index (κ1) is 23.0. The molecule has 0 rings (SSSR count). The van der Waals surface area contributed by atoms with Crippen molar-refractivity contribution in [3.8, 4) is 0 Å². The van der Waals surface area contributed by atoms with Gasteiger partial charge in [0, 0.05) is 13.0 Å². The van der Waals surface area contributed by atoms with Crippen LogP contribution < -0.4 is 17.2 Å². The highest BCUT2D eigenvalue weighted by Crippen LogP contribution is 2.10. The van der Waals surface area contributed by atoms with Crippen LogP contribution in [0, 0.1) is 0 Å². The number of carbonyl (C=O) groups excluding carboxylic acids is 1. The molecule has 0 heterocycles. The molecule has 22 heavy (non-hydrogen) atoms. The Kier molecular flexibility index (Phi) is 20.6. The largest absolute Gasteiger partial charge is 0.370 e. The lowest BCUT2D eigenvalue weighted by Crippen LogP contribution is -2.22. The van der Waals surface area contributed by atoms with Gasteiger partial charge in [0.15, 0.2) is 5.96 Å². The molecule has 0 fully saturated rings. The van der Waals surface area contributed by atoms with Gasteiger partial charge < -0.3 is 17.2 Å². The number of hydrogen-bond acceptors (Lipinski definition) is 2. The number of aliphatic imine (C=N–C) groups is 1. The molecule has 0 aromatic rings. The van der Waals surface area contributed by atoms with Crippen molar-refractivity contribution in [1.29, 1.82) is 0 Å². The molecule has 5 nitrogen and oxygen atoms in total. The Bertz CT molecular complexity index is 263. The Balaban J connectivity index is 0. The van der Waals surface area contributed by atoms with Gasteiger partial charge in [-0.3, -0.25) is 9.79 Å². The van der Waals surface area contributed by atoms with Gasteiger partial charge in [0.05, 0.1) is 0 Å². The predicted octanol–water partition coefficient (Wildman–Crippen LogP) is 3.45. The highest BCUT2D eigenvalue weighted by atomic mass is 16.1. The molecule has 0 aliphatic rings. The standard InChI is InChI=1S/C12H25NO.C5H13N3/c1-2-3-4-5-6-7-8-9-10-11-12(13)14;1-2-3-4-8-5(6)7/h2-11H2,1H3,(H2,13,14);2-4H2,1H3,(H4,6,7,8). The van der Waals surface area contributed by atoms with Gasteiger partial charge in [-0.2, -0.15) is 0 Å². The third-order valence-electron chi connectivity index (χ3n) is 3.33. The molecule has 132 valence electrons. The van der Waals surface area contributed by atoms with Crippen LogP contribution in [-0.4, -0.2) is 18.4 Å². The summed E-state index contributed by atoms with van der Waals surface area (Å²) in [5.41, 5.74) is 15.2. The van der Waals surface area contributed by atoms with E-state index in [0.717, 1.165) is 32.2 Å². The normalized spacial score (nSPS) is 9.73. The van der Waals surface area contributed by atoms with Crippen molar-refractivity contribution in [2.24, 2.45) is 22.2 Å². The third-order valence-corrected chi connectivity index (χ3v) is 3.33. The summed E-state index contributed by atoms with van der Waals surface area (Å²) in [4.78, 5) is 14.2. The lowest BCUT2D eigenvalue weighted by molar-refractivity contribution is -0.118. The van der Waals surface area contributed by atoms with Gasteiger partial charge in [-0.05, 0) is 12.8 Å². The van der Waals surface area contributed by atoms with Gasteiger partial charge in [0.2, 0.25) is 5.91 Å². The smallest absolute Gasteiger partial charge is 0.217 e. The first-order valence-electron chi connectivity index (χ1n) is 8.88. The minimum Gasteiger partial charge on any atom is -0.370 e. The van der Waals surface area contributed by atoms with Gasteiger partial charge in [-0.15, -0.1) is 0 Å². The van der Waals surface area contributed by atoms with Crippen molar-refractivity contribution < 1.29 is 4.79 Å². The second-order valence-electron chi connectivity index (χ2n) is 5.70. The van der Waals surface area contributed by atoms with E-state index in [-0.39, 0.29) is 11.9 Å². The molecular formula is C17H38N4O. The summed E-state index contributed by atoms with van der Waals surface area (Å²) in [6.45, 7) is 5.10. The van der Waals surface area contributed by atoms with Gasteiger partial charge >= 0.3 is 0 Å². The zero-order valence-corrected chi connectivity index (χ0v) is 14.8. The molecule has 6 N–H and O–H groups in total. The van der Waals surface area contributed by atoms with Crippen molar-refractivity contribution >= 4 is 11.9 Å². The van der Waals surface area contributed by atoms with Crippen LogP contribution in [0.4, 0.5) is 0 Å². The van der Waals surface area contributed by atoms with E-state index < -0.39 is 0 Å². The van der Waals surface area contributed by atoms with Crippen molar-refractivity contribution in [3.63, 3.8) is 0 Å². The van der Waals surface area contributed by atoms with Crippen LogP contribution in [0.3, 0.4) is 0 Å². The van der Waals surface area contributed by atoms with E-state index in [4.69, 9.17) is 17.2 Å². The minimum absolute atomic E-state index is 0.159. The van der Waals surface area contributed by atoms with Gasteiger partial charge in [0.1, 0.15) is 0 Å². The van der Waals surface area contributed by atoms with Crippen LogP contribution in [0.25, 0.3) is 0 Å². The van der Waals surface area contributed by atoms with E-state index in [1.165, 1.54) is 44.9 Å². The molecule has 0 saturated heterocycles. The van der Waals surface area contributed by atoms with Crippen LogP contribution in [0.15, 0.2) is 4.99 Å². The Morgan fingerprint density at radius 3 is 1.59 bits per heavy atom. The molecule has 1 amide bonds. The maximum atomic E-state index is 10.4. The quantitative estimate of drug-likeness (QED) is 0.275. The molecule has 0 spiro atoms. The van der Waals surface area contributed by atoms with Crippen LogP contribution >= 0.6 is 0 Å². The summed E-state index contributed by atoms with van der Waals surface area (Å²) in [7, 11) is 0. The van der Waals surface area contributed by atoms with E-state index in [1.807, 2.05) is 0 Å².